The summed E-state index contributed by atoms with van der Waals surface area (Å²) in [6.45, 7) is 0.942. The van der Waals surface area contributed by atoms with Crippen LogP contribution in [0, 0.1) is 0 Å². The summed E-state index contributed by atoms with van der Waals surface area (Å²) in [5, 5.41) is 2.47. The van der Waals surface area contributed by atoms with Crippen LogP contribution < -0.4 is 0 Å². The smallest absolute Gasteiger partial charge is 0.169 e. The Morgan fingerprint density at radius 3 is 2.23 bits per heavy atom. The summed E-state index contributed by atoms with van der Waals surface area (Å²) in [6, 6.07) is 15.7. The van der Waals surface area contributed by atoms with Crippen LogP contribution in [-0.4, -0.2) is 15.3 Å². The molecule has 4 rings (SSSR count). The Bertz CT molecular complexity index is 858. The van der Waals surface area contributed by atoms with Crippen molar-refractivity contribution in [1.82, 2.24) is 9.55 Å². The zero-order chi connectivity index (χ0) is 15.1. The van der Waals surface area contributed by atoms with E-state index in [0.717, 1.165) is 45.0 Å². The Labute approximate surface area is 143 Å². The van der Waals surface area contributed by atoms with Crippen LogP contribution in [0.2, 0.25) is 10.0 Å². The number of hydrogen-bond acceptors (Lipinski definition) is 2. The first-order valence-corrected chi connectivity index (χ1v) is 8.73. The molecule has 0 saturated carbocycles. The lowest BCUT2D eigenvalue weighted by molar-refractivity contribution is 0.726. The molecule has 2 nitrogen and oxygen atoms in total. The van der Waals surface area contributed by atoms with Crippen LogP contribution in [-0.2, 0) is 6.54 Å². The molecule has 0 aliphatic carbocycles. The highest BCUT2D eigenvalue weighted by Crippen LogP contribution is 2.42. The van der Waals surface area contributed by atoms with Gasteiger partial charge in [-0.2, -0.15) is 0 Å². The van der Waals surface area contributed by atoms with Gasteiger partial charge in [-0.1, -0.05) is 71.4 Å². The number of hydrogen-bond donors (Lipinski definition) is 0. The molecule has 110 valence electrons. The summed E-state index contributed by atoms with van der Waals surface area (Å²) in [5.74, 6) is 1.04. The van der Waals surface area contributed by atoms with E-state index in [-0.39, 0.29) is 0 Å². The molecule has 1 aromatic heterocycles. The van der Waals surface area contributed by atoms with E-state index in [0.29, 0.717) is 5.02 Å². The van der Waals surface area contributed by atoms with Crippen molar-refractivity contribution in [2.45, 2.75) is 11.7 Å². The summed E-state index contributed by atoms with van der Waals surface area (Å²) in [6.07, 6.45) is 0. The van der Waals surface area contributed by atoms with Gasteiger partial charge in [0.15, 0.2) is 5.16 Å². The predicted octanol–water partition coefficient (Wildman–Crippen LogP) is 5.63. The Kier molecular flexibility index (Phi) is 3.65. The van der Waals surface area contributed by atoms with E-state index in [1.807, 2.05) is 48.5 Å². The number of thioether (sulfide) groups is 1. The normalized spacial score (nSPS) is 13.4. The fourth-order valence-electron chi connectivity index (χ4n) is 2.75. The maximum absolute atomic E-state index is 6.44. The van der Waals surface area contributed by atoms with Crippen LogP contribution in [0.25, 0.3) is 22.5 Å². The van der Waals surface area contributed by atoms with E-state index < -0.39 is 0 Å². The first-order chi connectivity index (χ1) is 10.8. The molecule has 5 heteroatoms. The van der Waals surface area contributed by atoms with Crippen LogP contribution in [0.3, 0.4) is 0 Å². The van der Waals surface area contributed by atoms with Crippen molar-refractivity contribution in [1.29, 1.82) is 0 Å². The van der Waals surface area contributed by atoms with Gasteiger partial charge < -0.3 is 4.57 Å². The van der Waals surface area contributed by atoms with Gasteiger partial charge in [0.25, 0.3) is 0 Å². The van der Waals surface area contributed by atoms with E-state index in [1.165, 1.54) is 0 Å². The topological polar surface area (TPSA) is 17.8 Å². The van der Waals surface area contributed by atoms with Crippen LogP contribution in [0.1, 0.15) is 0 Å². The van der Waals surface area contributed by atoms with Gasteiger partial charge in [0, 0.05) is 28.4 Å². The third kappa shape index (κ3) is 2.24. The predicted molar refractivity (Wildman–Crippen MR) is 93.8 cm³/mol. The molecule has 1 aliphatic rings. The molecule has 22 heavy (non-hydrogen) atoms. The summed E-state index contributed by atoms with van der Waals surface area (Å²) in [5.41, 5.74) is 3.90. The van der Waals surface area contributed by atoms with E-state index in [2.05, 4.69) is 4.57 Å². The molecule has 0 N–H and O–H groups in total. The maximum Gasteiger partial charge on any atom is 0.169 e. The molecule has 3 aromatic rings. The molecular weight excluding hydrogens is 335 g/mol. The minimum atomic E-state index is 0.706. The van der Waals surface area contributed by atoms with Crippen molar-refractivity contribution >= 4 is 35.0 Å². The zero-order valence-electron chi connectivity index (χ0n) is 11.6. The summed E-state index contributed by atoms with van der Waals surface area (Å²) < 4.78 is 2.24. The van der Waals surface area contributed by atoms with Crippen LogP contribution in [0.15, 0.2) is 53.7 Å². The van der Waals surface area contributed by atoms with Crippen LogP contribution in [0.5, 0.6) is 0 Å². The lowest BCUT2D eigenvalue weighted by atomic mass is 10.0. The average molecular weight is 347 g/mol. The van der Waals surface area contributed by atoms with Gasteiger partial charge >= 0.3 is 0 Å². The Morgan fingerprint density at radius 2 is 1.55 bits per heavy atom. The summed E-state index contributed by atoms with van der Waals surface area (Å²) >= 11 is 14.6. The molecule has 0 fully saturated rings. The Morgan fingerprint density at radius 1 is 0.909 bits per heavy atom. The monoisotopic (exact) mass is 346 g/mol. The van der Waals surface area contributed by atoms with Crippen molar-refractivity contribution in [2.75, 3.05) is 5.75 Å². The zero-order valence-corrected chi connectivity index (χ0v) is 13.9. The van der Waals surface area contributed by atoms with E-state index >= 15 is 0 Å². The number of nitrogens with zero attached hydrogens (tertiary/aromatic N) is 2. The number of fused-ring (bicyclic) bond motifs is 1. The van der Waals surface area contributed by atoms with Gasteiger partial charge in [-0.25, -0.2) is 4.98 Å². The second-order valence-corrected chi connectivity index (χ2v) is 6.93. The number of imidazole rings is 1. The first-order valence-electron chi connectivity index (χ1n) is 6.99. The Balaban J connectivity index is 2.02. The summed E-state index contributed by atoms with van der Waals surface area (Å²) in [7, 11) is 0. The van der Waals surface area contributed by atoms with Crippen molar-refractivity contribution in [3.05, 3.63) is 58.6 Å². The van der Waals surface area contributed by atoms with Gasteiger partial charge in [0.05, 0.1) is 16.4 Å². The van der Waals surface area contributed by atoms with Gasteiger partial charge in [0.2, 0.25) is 0 Å². The summed E-state index contributed by atoms with van der Waals surface area (Å²) in [4.78, 5) is 4.82. The van der Waals surface area contributed by atoms with E-state index in [9.17, 15) is 0 Å². The molecule has 0 atom stereocenters. The fourth-order valence-corrected chi connectivity index (χ4v) is 4.15. The largest absolute Gasteiger partial charge is 0.318 e. The Hall–Kier alpha value is -1.42. The van der Waals surface area contributed by atoms with Crippen LogP contribution in [0.4, 0.5) is 0 Å². The van der Waals surface area contributed by atoms with Crippen molar-refractivity contribution in [2.24, 2.45) is 0 Å². The fraction of sp³-hybridized carbons (Fsp3) is 0.118. The van der Waals surface area contributed by atoms with E-state index in [4.69, 9.17) is 28.2 Å². The average Bonchev–Trinajstić information content (AvgIpc) is 3.09. The first kappa shape index (κ1) is 14.2. The van der Waals surface area contributed by atoms with Crippen LogP contribution >= 0.6 is 35.0 Å². The number of aromatic nitrogens is 2. The molecule has 0 bridgehead atoms. The van der Waals surface area contributed by atoms with Crippen molar-refractivity contribution < 1.29 is 0 Å². The minimum Gasteiger partial charge on any atom is -0.318 e. The van der Waals surface area contributed by atoms with Crippen molar-refractivity contribution in [3.63, 3.8) is 0 Å². The molecule has 0 saturated heterocycles. The second-order valence-electron chi connectivity index (χ2n) is 5.05. The molecule has 2 aromatic carbocycles. The molecule has 1 aliphatic heterocycles. The van der Waals surface area contributed by atoms with Gasteiger partial charge in [0.1, 0.15) is 0 Å². The maximum atomic E-state index is 6.44. The molecule has 0 spiro atoms. The van der Waals surface area contributed by atoms with Gasteiger partial charge in [-0.15, -0.1) is 0 Å². The van der Waals surface area contributed by atoms with E-state index in [1.54, 1.807) is 11.8 Å². The molecule has 0 unspecified atom stereocenters. The second kappa shape index (κ2) is 5.65. The molecule has 0 radical (unpaired) electrons. The quantitative estimate of drug-likeness (QED) is 0.598. The minimum absolute atomic E-state index is 0.706. The molecule has 2 heterocycles. The SMILES string of the molecule is Clc1ccccc1-c1nc2n(c1-c1ccccc1Cl)CCS2. The van der Waals surface area contributed by atoms with Gasteiger partial charge in [-0.05, 0) is 12.1 Å². The molecule has 0 amide bonds. The number of rotatable bonds is 2. The van der Waals surface area contributed by atoms with Crippen molar-refractivity contribution in [3.8, 4) is 22.5 Å². The number of benzene rings is 2. The highest BCUT2D eigenvalue weighted by molar-refractivity contribution is 7.99. The number of halogens is 2. The lowest BCUT2D eigenvalue weighted by Crippen LogP contribution is -1.98. The lowest BCUT2D eigenvalue weighted by Gasteiger charge is -2.10. The highest BCUT2D eigenvalue weighted by atomic mass is 35.5. The third-order valence-corrected chi connectivity index (χ3v) is 5.35. The third-order valence-electron chi connectivity index (χ3n) is 3.74. The highest BCUT2D eigenvalue weighted by Gasteiger charge is 2.25. The standard InChI is InChI=1S/C17H12Cl2N2S/c18-13-7-3-1-5-11(13)15-16(12-6-2-4-8-14(12)19)21-9-10-22-17(21)20-15/h1-8H,9-10H2. The van der Waals surface area contributed by atoms with Gasteiger partial charge in [-0.3, -0.25) is 0 Å². The molecular formula is C17H12Cl2N2S.